The maximum absolute atomic E-state index is 11.4. The normalized spacial score (nSPS) is 10.6. The van der Waals surface area contributed by atoms with Crippen LogP contribution in [0, 0.1) is 0 Å². The lowest BCUT2D eigenvalue weighted by Crippen LogP contribution is -2.14. The van der Waals surface area contributed by atoms with Crippen molar-refractivity contribution in [3.8, 4) is 0 Å². The molecule has 0 aliphatic heterocycles. The lowest BCUT2D eigenvalue weighted by atomic mass is 10.3. The van der Waals surface area contributed by atoms with Gasteiger partial charge >= 0.3 is 5.97 Å². The predicted octanol–water partition coefficient (Wildman–Crippen LogP) is 2.29. The summed E-state index contributed by atoms with van der Waals surface area (Å²) in [5.41, 5.74) is 0.395. The van der Waals surface area contributed by atoms with Crippen LogP contribution in [0.5, 0.6) is 0 Å². The molecule has 0 saturated heterocycles. The summed E-state index contributed by atoms with van der Waals surface area (Å²) in [7, 11) is 0. The van der Waals surface area contributed by atoms with Crippen LogP contribution in [0.4, 0.5) is 0 Å². The minimum absolute atomic E-state index is 0.0851. The lowest BCUT2D eigenvalue weighted by molar-refractivity contribution is 0.0510. The predicted molar refractivity (Wildman–Crippen MR) is 53.6 cm³/mol. The van der Waals surface area contributed by atoms with Gasteiger partial charge in [-0.2, -0.15) is 5.10 Å². The summed E-state index contributed by atoms with van der Waals surface area (Å²) in [6.45, 7) is 5.95. The number of hydrogen-bond acceptors (Lipinski definition) is 3. The second kappa shape index (κ2) is 4.46. The van der Waals surface area contributed by atoms with Gasteiger partial charge in [0.15, 0.2) is 5.15 Å². The Morgan fingerprint density at radius 2 is 2.36 bits per heavy atom. The standard InChI is InChI=1S/C9H13ClN2O2/c1-4-14-9(13)7-5-8(10)11-12(7)6(2)3/h5-6H,4H2,1-3H3. The Bertz CT molecular complexity index is 334. The molecule has 1 heterocycles. The van der Waals surface area contributed by atoms with E-state index in [1.165, 1.54) is 6.07 Å². The fourth-order valence-corrected chi connectivity index (χ4v) is 1.30. The zero-order valence-corrected chi connectivity index (χ0v) is 9.21. The summed E-state index contributed by atoms with van der Waals surface area (Å²) in [5.74, 6) is -0.388. The minimum Gasteiger partial charge on any atom is -0.461 e. The van der Waals surface area contributed by atoms with Crippen molar-refractivity contribution in [2.24, 2.45) is 0 Å². The molecule has 0 aromatic carbocycles. The third kappa shape index (κ3) is 2.26. The second-order valence-corrected chi connectivity index (χ2v) is 3.50. The molecule has 78 valence electrons. The Kier molecular flexibility index (Phi) is 3.52. The maximum atomic E-state index is 11.4. The van der Waals surface area contributed by atoms with Gasteiger partial charge in [-0.1, -0.05) is 11.6 Å². The van der Waals surface area contributed by atoms with Gasteiger partial charge in [-0.15, -0.1) is 0 Å². The topological polar surface area (TPSA) is 44.1 Å². The molecule has 1 rings (SSSR count). The first-order chi connectivity index (χ1) is 6.56. The lowest BCUT2D eigenvalue weighted by Gasteiger charge is -2.09. The molecule has 0 spiro atoms. The molecule has 0 radical (unpaired) electrons. The largest absolute Gasteiger partial charge is 0.461 e. The number of hydrogen-bond donors (Lipinski definition) is 0. The van der Waals surface area contributed by atoms with Crippen LogP contribution >= 0.6 is 11.6 Å². The first kappa shape index (κ1) is 11.0. The highest BCUT2D eigenvalue weighted by molar-refractivity contribution is 6.29. The van der Waals surface area contributed by atoms with E-state index in [9.17, 15) is 4.79 Å². The van der Waals surface area contributed by atoms with Gasteiger partial charge in [0.1, 0.15) is 5.69 Å². The Morgan fingerprint density at radius 1 is 1.71 bits per heavy atom. The molecule has 14 heavy (non-hydrogen) atoms. The van der Waals surface area contributed by atoms with Crippen molar-refractivity contribution < 1.29 is 9.53 Å². The number of nitrogens with zero attached hydrogens (tertiary/aromatic N) is 2. The number of esters is 1. The Morgan fingerprint density at radius 3 is 2.86 bits per heavy atom. The van der Waals surface area contributed by atoms with Gasteiger partial charge in [0.25, 0.3) is 0 Å². The van der Waals surface area contributed by atoms with E-state index in [-0.39, 0.29) is 12.0 Å². The summed E-state index contributed by atoms with van der Waals surface area (Å²) in [6.07, 6.45) is 0. The van der Waals surface area contributed by atoms with Gasteiger partial charge in [0, 0.05) is 12.1 Å². The molecule has 5 heteroatoms. The molecule has 0 bridgehead atoms. The van der Waals surface area contributed by atoms with Crippen molar-refractivity contribution in [1.29, 1.82) is 0 Å². The molecule has 1 aromatic rings. The van der Waals surface area contributed by atoms with Crippen LogP contribution in [0.2, 0.25) is 5.15 Å². The molecule has 0 atom stereocenters. The Balaban J connectivity index is 3.00. The Hall–Kier alpha value is -1.03. The number of ether oxygens (including phenoxy) is 1. The first-order valence-corrected chi connectivity index (χ1v) is 4.86. The molecule has 4 nitrogen and oxygen atoms in total. The van der Waals surface area contributed by atoms with Crippen molar-refractivity contribution in [2.75, 3.05) is 6.61 Å². The third-order valence-electron chi connectivity index (χ3n) is 1.68. The quantitative estimate of drug-likeness (QED) is 0.729. The summed E-state index contributed by atoms with van der Waals surface area (Å²) >= 11 is 5.71. The summed E-state index contributed by atoms with van der Waals surface area (Å²) in [4.78, 5) is 11.4. The molecular weight excluding hydrogens is 204 g/mol. The van der Waals surface area contributed by atoms with Crippen molar-refractivity contribution in [3.05, 3.63) is 16.9 Å². The van der Waals surface area contributed by atoms with Crippen molar-refractivity contribution in [2.45, 2.75) is 26.8 Å². The van der Waals surface area contributed by atoms with Crippen LogP contribution in [0.25, 0.3) is 0 Å². The number of carbonyl (C=O) groups is 1. The second-order valence-electron chi connectivity index (χ2n) is 3.11. The van der Waals surface area contributed by atoms with Crippen molar-refractivity contribution in [3.63, 3.8) is 0 Å². The SMILES string of the molecule is CCOC(=O)c1cc(Cl)nn1C(C)C. The van der Waals surface area contributed by atoms with Crippen LogP contribution in [0.1, 0.15) is 37.3 Å². The number of carbonyl (C=O) groups excluding carboxylic acids is 1. The highest BCUT2D eigenvalue weighted by Gasteiger charge is 2.17. The smallest absolute Gasteiger partial charge is 0.356 e. The van der Waals surface area contributed by atoms with E-state index >= 15 is 0 Å². The first-order valence-electron chi connectivity index (χ1n) is 4.48. The van der Waals surface area contributed by atoms with Gasteiger partial charge in [-0.3, -0.25) is 4.68 Å². The molecule has 0 fully saturated rings. The van der Waals surface area contributed by atoms with Gasteiger partial charge in [0.2, 0.25) is 0 Å². The fourth-order valence-electron chi connectivity index (χ4n) is 1.12. The molecule has 0 amide bonds. The number of rotatable bonds is 3. The Labute approximate surface area is 87.8 Å². The van der Waals surface area contributed by atoms with Crippen LogP contribution in [-0.4, -0.2) is 22.4 Å². The third-order valence-corrected chi connectivity index (χ3v) is 1.86. The van der Waals surface area contributed by atoms with Crippen molar-refractivity contribution >= 4 is 17.6 Å². The average molecular weight is 217 g/mol. The van der Waals surface area contributed by atoms with Gasteiger partial charge in [0.05, 0.1) is 6.61 Å². The van der Waals surface area contributed by atoms with Gasteiger partial charge in [-0.25, -0.2) is 4.79 Å². The number of aromatic nitrogens is 2. The summed E-state index contributed by atoms with van der Waals surface area (Å²) in [5, 5.41) is 4.30. The average Bonchev–Trinajstić information content (AvgIpc) is 2.48. The van der Waals surface area contributed by atoms with E-state index in [1.807, 2.05) is 13.8 Å². The van der Waals surface area contributed by atoms with E-state index in [1.54, 1.807) is 11.6 Å². The van der Waals surface area contributed by atoms with E-state index in [0.29, 0.717) is 17.5 Å². The zero-order valence-electron chi connectivity index (χ0n) is 8.45. The molecule has 0 aliphatic carbocycles. The van der Waals surface area contributed by atoms with E-state index < -0.39 is 0 Å². The van der Waals surface area contributed by atoms with Crippen LogP contribution in [-0.2, 0) is 4.74 Å². The van der Waals surface area contributed by atoms with Gasteiger partial charge < -0.3 is 4.74 Å². The minimum atomic E-state index is -0.388. The van der Waals surface area contributed by atoms with E-state index in [2.05, 4.69) is 5.10 Å². The molecule has 0 saturated carbocycles. The van der Waals surface area contributed by atoms with E-state index in [0.717, 1.165) is 0 Å². The molecule has 1 aromatic heterocycles. The van der Waals surface area contributed by atoms with Crippen LogP contribution in [0.15, 0.2) is 6.07 Å². The van der Waals surface area contributed by atoms with Crippen LogP contribution in [0.3, 0.4) is 0 Å². The maximum Gasteiger partial charge on any atom is 0.356 e. The fraction of sp³-hybridized carbons (Fsp3) is 0.556. The highest BCUT2D eigenvalue weighted by Crippen LogP contribution is 2.15. The highest BCUT2D eigenvalue weighted by atomic mass is 35.5. The monoisotopic (exact) mass is 216 g/mol. The molecular formula is C9H13ClN2O2. The molecule has 0 aliphatic rings. The number of halogens is 1. The summed E-state index contributed by atoms with van der Waals surface area (Å²) < 4.78 is 6.43. The zero-order chi connectivity index (χ0) is 10.7. The molecule has 0 N–H and O–H groups in total. The van der Waals surface area contributed by atoms with E-state index in [4.69, 9.17) is 16.3 Å². The van der Waals surface area contributed by atoms with Gasteiger partial charge in [-0.05, 0) is 20.8 Å². The van der Waals surface area contributed by atoms with Crippen LogP contribution < -0.4 is 0 Å². The molecule has 0 unspecified atom stereocenters. The van der Waals surface area contributed by atoms with Crippen molar-refractivity contribution in [1.82, 2.24) is 9.78 Å². The summed E-state index contributed by atoms with van der Waals surface area (Å²) in [6, 6.07) is 1.60.